The molecule has 0 heterocycles. The number of benzene rings is 1. The van der Waals surface area contributed by atoms with Crippen molar-refractivity contribution in [3.8, 4) is 5.75 Å². The normalized spacial score (nSPS) is 10.0. The van der Waals surface area contributed by atoms with Gasteiger partial charge in [0.1, 0.15) is 5.75 Å². The molecule has 1 aromatic carbocycles. The zero-order chi connectivity index (χ0) is 9.52. The fourth-order valence-electron chi connectivity index (χ4n) is 0.916. The van der Waals surface area contributed by atoms with Crippen LogP contribution in [-0.2, 0) is 0 Å². The summed E-state index contributed by atoms with van der Waals surface area (Å²) in [6.07, 6.45) is 0. The van der Waals surface area contributed by atoms with Gasteiger partial charge in [-0.15, -0.1) is 0 Å². The van der Waals surface area contributed by atoms with Crippen molar-refractivity contribution in [2.75, 3.05) is 12.4 Å². The molecule has 0 unspecified atom stereocenters. The smallest absolute Gasteiger partial charge is 0.133 e. The zero-order valence-corrected chi connectivity index (χ0v) is 9.58. The largest absolute Gasteiger partial charge is 0.493 e. The lowest BCUT2D eigenvalue weighted by Crippen LogP contribution is -1.92. The Hall–Kier alpha value is -0.280. The second kappa shape index (κ2) is 6.22. The summed E-state index contributed by atoms with van der Waals surface area (Å²) in [6.45, 7) is 4.89. The Balaban J connectivity index is 2.66. The van der Waals surface area contributed by atoms with E-state index in [0.717, 1.165) is 18.1 Å². The Bertz CT molecular complexity index is 250. The van der Waals surface area contributed by atoms with Crippen molar-refractivity contribution in [1.29, 1.82) is 0 Å². The minimum atomic E-state index is 0.731. The van der Waals surface area contributed by atoms with E-state index in [1.54, 1.807) is 10.8 Å². The van der Waals surface area contributed by atoms with Crippen LogP contribution in [0.4, 0.5) is 0 Å². The van der Waals surface area contributed by atoms with Crippen LogP contribution >= 0.6 is 21.6 Å². The molecule has 0 spiro atoms. The Morgan fingerprint density at radius 2 is 2.00 bits per heavy atom. The first-order valence-electron chi connectivity index (χ1n) is 4.39. The maximum absolute atomic E-state index is 5.50. The molecule has 0 saturated carbocycles. The van der Waals surface area contributed by atoms with Crippen molar-refractivity contribution < 1.29 is 4.74 Å². The van der Waals surface area contributed by atoms with Gasteiger partial charge in [-0.25, -0.2) is 0 Å². The van der Waals surface area contributed by atoms with Crippen LogP contribution in [0.25, 0.3) is 0 Å². The molecule has 1 aromatic rings. The van der Waals surface area contributed by atoms with Crippen LogP contribution in [0.1, 0.15) is 13.8 Å². The molecule has 0 aliphatic carbocycles. The van der Waals surface area contributed by atoms with Crippen molar-refractivity contribution in [2.24, 2.45) is 0 Å². The predicted octanol–water partition coefficient (Wildman–Crippen LogP) is 3.85. The highest BCUT2D eigenvalue weighted by Gasteiger charge is 2.01. The van der Waals surface area contributed by atoms with Gasteiger partial charge in [0, 0.05) is 5.75 Å². The Kier molecular flexibility index (Phi) is 5.16. The molecule has 72 valence electrons. The quantitative estimate of drug-likeness (QED) is 0.689. The Morgan fingerprint density at radius 3 is 2.69 bits per heavy atom. The van der Waals surface area contributed by atoms with Gasteiger partial charge < -0.3 is 4.74 Å². The zero-order valence-electron chi connectivity index (χ0n) is 7.95. The van der Waals surface area contributed by atoms with Crippen molar-refractivity contribution in [3.63, 3.8) is 0 Å². The Labute approximate surface area is 87.7 Å². The van der Waals surface area contributed by atoms with E-state index in [1.807, 2.05) is 35.9 Å². The molecule has 1 nitrogen and oxygen atoms in total. The van der Waals surface area contributed by atoms with E-state index in [-0.39, 0.29) is 0 Å². The maximum atomic E-state index is 5.50. The third-order valence-corrected chi connectivity index (χ3v) is 3.89. The van der Waals surface area contributed by atoms with Gasteiger partial charge in [0.25, 0.3) is 0 Å². The predicted molar refractivity (Wildman–Crippen MR) is 61.6 cm³/mol. The SMILES string of the molecule is CCOc1ccccc1SSCC. The molecule has 0 aliphatic heterocycles. The van der Waals surface area contributed by atoms with Gasteiger partial charge in [-0.05, 0) is 19.1 Å². The molecule has 0 aliphatic rings. The van der Waals surface area contributed by atoms with E-state index < -0.39 is 0 Å². The highest BCUT2D eigenvalue weighted by Crippen LogP contribution is 2.36. The molecule has 13 heavy (non-hydrogen) atoms. The number of rotatable bonds is 5. The standard InChI is InChI=1S/C10H14OS2/c1-3-11-9-7-5-6-8-10(9)13-12-4-2/h5-8H,3-4H2,1-2H3. The van der Waals surface area contributed by atoms with Gasteiger partial charge in [-0.2, -0.15) is 0 Å². The highest BCUT2D eigenvalue weighted by atomic mass is 33.1. The molecule has 0 aromatic heterocycles. The fraction of sp³-hybridized carbons (Fsp3) is 0.400. The summed E-state index contributed by atoms with van der Waals surface area (Å²) in [5, 5.41) is 0. The molecule has 0 N–H and O–H groups in total. The summed E-state index contributed by atoms with van der Waals surface area (Å²) in [5.41, 5.74) is 0. The van der Waals surface area contributed by atoms with E-state index in [9.17, 15) is 0 Å². The van der Waals surface area contributed by atoms with Gasteiger partial charge in [0.2, 0.25) is 0 Å². The lowest BCUT2D eigenvalue weighted by molar-refractivity contribution is 0.332. The summed E-state index contributed by atoms with van der Waals surface area (Å²) in [7, 11) is 3.62. The first-order valence-corrected chi connectivity index (χ1v) is 6.71. The van der Waals surface area contributed by atoms with Crippen LogP contribution in [0, 0.1) is 0 Å². The second-order valence-electron chi connectivity index (χ2n) is 2.37. The first-order chi connectivity index (χ1) is 6.38. The van der Waals surface area contributed by atoms with Gasteiger partial charge in [-0.3, -0.25) is 0 Å². The first kappa shape index (κ1) is 10.8. The van der Waals surface area contributed by atoms with Crippen LogP contribution in [0.15, 0.2) is 29.2 Å². The van der Waals surface area contributed by atoms with E-state index in [0.29, 0.717) is 0 Å². The van der Waals surface area contributed by atoms with Crippen molar-refractivity contribution in [2.45, 2.75) is 18.7 Å². The molecule has 0 bridgehead atoms. The monoisotopic (exact) mass is 214 g/mol. The van der Waals surface area contributed by atoms with Crippen LogP contribution in [0.5, 0.6) is 5.75 Å². The van der Waals surface area contributed by atoms with Crippen molar-refractivity contribution >= 4 is 21.6 Å². The molecule has 0 amide bonds. The average Bonchev–Trinajstić information content (AvgIpc) is 2.17. The molecule has 1 rings (SSSR count). The maximum Gasteiger partial charge on any atom is 0.133 e. The van der Waals surface area contributed by atoms with Gasteiger partial charge in [0.15, 0.2) is 0 Å². The van der Waals surface area contributed by atoms with E-state index in [1.165, 1.54) is 4.90 Å². The van der Waals surface area contributed by atoms with Crippen LogP contribution in [0.2, 0.25) is 0 Å². The molecule has 3 heteroatoms. The van der Waals surface area contributed by atoms with Crippen molar-refractivity contribution in [3.05, 3.63) is 24.3 Å². The van der Waals surface area contributed by atoms with Crippen LogP contribution in [0.3, 0.4) is 0 Å². The van der Waals surface area contributed by atoms with E-state index >= 15 is 0 Å². The number of hydrogen-bond donors (Lipinski definition) is 0. The third kappa shape index (κ3) is 3.53. The minimum Gasteiger partial charge on any atom is -0.493 e. The van der Waals surface area contributed by atoms with E-state index in [2.05, 4.69) is 13.0 Å². The van der Waals surface area contributed by atoms with Crippen LogP contribution < -0.4 is 4.74 Å². The summed E-state index contributed by atoms with van der Waals surface area (Å²) in [6, 6.07) is 8.16. The minimum absolute atomic E-state index is 0.731. The number of para-hydroxylation sites is 1. The summed E-state index contributed by atoms with van der Waals surface area (Å²) in [4.78, 5) is 1.22. The summed E-state index contributed by atoms with van der Waals surface area (Å²) < 4.78 is 5.50. The average molecular weight is 214 g/mol. The molecular weight excluding hydrogens is 200 g/mol. The lowest BCUT2D eigenvalue weighted by atomic mass is 10.3. The number of hydrogen-bond acceptors (Lipinski definition) is 3. The molecular formula is C10H14OS2. The molecule has 0 atom stereocenters. The summed E-state index contributed by atoms with van der Waals surface area (Å²) in [5.74, 6) is 2.11. The van der Waals surface area contributed by atoms with E-state index in [4.69, 9.17) is 4.74 Å². The van der Waals surface area contributed by atoms with Gasteiger partial charge >= 0.3 is 0 Å². The highest BCUT2D eigenvalue weighted by molar-refractivity contribution is 8.76. The molecule has 0 fully saturated rings. The van der Waals surface area contributed by atoms with Crippen LogP contribution in [-0.4, -0.2) is 12.4 Å². The third-order valence-electron chi connectivity index (χ3n) is 1.42. The van der Waals surface area contributed by atoms with Gasteiger partial charge in [-0.1, -0.05) is 40.6 Å². The van der Waals surface area contributed by atoms with Crippen molar-refractivity contribution in [1.82, 2.24) is 0 Å². The van der Waals surface area contributed by atoms with Gasteiger partial charge in [0.05, 0.1) is 11.5 Å². The fourth-order valence-corrected chi connectivity index (χ4v) is 2.65. The topological polar surface area (TPSA) is 9.23 Å². The lowest BCUT2D eigenvalue weighted by Gasteiger charge is -2.07. The molecule has 0 radical (unpaired) electrons. The number of ether oxygens (including phenoxy) is 1. The second-order valence-corrected chi connectivity index (χ2v) is 5.00. The summed E-state index contributed by atoms with van der Waals surface area (Å²) >= 11 is 0. The Morgan fingerprint density at radius 1 is 1.23 bits per heavy atom. The molecule has 0 saturated heterocycles.